The number of aromatic nitrogens is 2. The van der Waals surface area contributed by atoms with Crippen LogP contribution >= 0.6 is 11.3 Å². The van der Waals surface area contributed by atoms with Crippen molar-refractivity contribution in [3.8, 4) is 0 Å². The summed E-state index contributed by atoms with van der Waals surface area (Å²) in [5, 5.41) is 4.40. The summed E-state index contributed by atoms with van der Waals surface area (Å²) in [5.41, 5.74) is 4.08. The lowest BCUT2D eigenvalue weighted by molar-refractivity contribution is 0.131. The number of rotatable bonds is 6. The van der Waals surface area contributed by atoms with Crippen LogP contribution in [0, 0.1) is 5.92 Å². The second-order valence-corrected chi connectivity index (χ2v) is 7.41. The third kappa shape index (κ3) is 2.98. The maximum Gasteiger partial charge on any atom is 0.0952 e. The van der Waals surface area contributed by atoms with Gasteiger partial charge in [-0.15, -0.1) is 0 Å². The van der Waals surface area contributed by atoms with Crippen molar-refractivity contribution in [3.63, 3.8) is 0 Å². The van der Waals surface area contributed by atoms with Gasteiger partial charge in [0.2, 0.25) is 0 Å². The van der Waals surface area contributed by atoms with Gasteiger partial charge < -0.3 is 9.30 Å². The topological polar surface area (TPSA) is 30.3 Å². The summed E-state index contributed by atoms with van der Waals surface area (Å²) in [6.45, 7) is 4.96. The highest BCUT2D eigenvalue weighted by molar-refractivity contribution is 7.07. The molecule has 1 unspecified atom stereocenters. The van der Waals surface area contributed by atoms with E-state index in [1.54, 1.807) is 18.4 Å². The van der Waals surface area contributed by atoms with Crippen LogP contribution in [0.25, 0.3) is 0 Å². The van der Waals surface area contributed by atoms with Crippen molar-refractivity contribution in [2.24, 2.45) is 5.92 Å². The molecule has 0 aromatic carbocycles. The number of fused-ring (bicyclic) bond motifs is 1. The summed E-state index contributed by atoms with van der Waals surface area (Å²) >= 11 is 1.77. The Morgan fingerprint density at radius 2 is 2.32 bits per heavy atom. The summed E-state index contributed by atoms with van der Waals surface area (Å²) in [4.78, 5) is 7.22. The molecule has 2 aliphatic rings. The average Bonchev–Trinajstić information content (AvgIpc) is 3.00. The van der Waals surface area contributed by atoms with Crippen molar-refractivity contribution in [1.29, 1.82) is 0 Å². The molecule has 0 radical (unpaired) electrons. The van der Waals surface area contributed by atoms with Crippen LogP contribution in [0.1, 0.15) is 35.7 Å². The van der Waals surface area contributed by atoms with Gasteiger partial charge in [-0.2, -0.15) is 11.3 Å². The van der Waals surface area contributed by atoms with E-state index in [-0.39, 0.29) is 0 Å². The predicted molar refractivity (Wildman–Crippen MR) is 88.0 cm³/mol. The number of imidazole rings is 1. The predicted octanol–water partition coefficient (Wildman–Crippen LogP) is 3.10. The molecule has 1 atom stereocenters. The number of ether oxygens (including phenoxy) is 1. The molecule has 22 heavy (non-hydrogen) atoms. The molecule has 0 spiro atoms. The van der Waals surface area contributed by atoms with Crippen molar-refractivity contribution in [3.05, 3.63) is 40.1 Å². The SMILES string of the molecule is COCC1CN(Cc2ccsc2)Cc2ncn(CC3CC3)c21. The first-order valence-electron chi connectivity index (χ1n) is 8.09. The summed E-state index contributed by atoms with van der Waals surface area (Å²) in [6, 6.07) is 2.22. The Balaban J connectivity index is 1.55. The van der Waals surface area contributed by atoms with Gasteiger partial charge in [0, 0.05) is 44.9 Å². The van der Waals surface area contributed by atoms with Crippen molar-refractivity contribution in [2.45, 2.75) is 38.4 Å². The minimum atomic E-state index is 0.439. The Hall–Kier alpha value is -1.17. The smallest absolute Gasteiger partial charge is 0.0952 e. The van der Waals surface area contributed by atoms with Gasteiger partial charge in [-0.25, -0.2) is 4.98 Å². The molecular formula is C17H23N3OS. The zero-order valence-electron chi connectivity index (χ0n) is 13.1. The van der Waals surface area contributed by atoms with Crippen LogP contribution in [0.2, 0.25) is 0 Å². The lowest BCUT2D eigenvalue weighted by Gasteiger charge is -2.32. The molecule has 0 saturated heterocycles. The van der Waals surface area contributed by atoms with Crippen molar-refractivity contribution in [1.82, 2.24) is 14.5 Å². The van der Waals surface area contributed by atoms with Crippen LogP contribution in [-0.4, -0.2) is 34.7 Å². The van der Waals surface area contributed by atoms with Gasteiger partial charge in [-0.3, -0.25) is 4.90 Å². The molecule has 3 heterocycles. The Kier molecular flexibility index (Phi) is 4.03. The maximum absolute atomic E-state index is 5.50. The zero-order valence-corrected chi connectivity index (χ0v) is 13.9. The van der Waals surface area contributed by atoms with Crippen LogP contribution in [-0.2, 0) is 24.4 Å². The second-order valence-electron chi connectivity index (χ2n) is 6.63. The summed E-state index contributed by atoms with van der Waals surface area (Å²) in [6.07, 6.45) is 4.82. The Morgan fingerprint density at radius 1 is 1.41 bits per heavy atom. The molecule has 118 valence electrons. The zero-order chi connectivity index (χ0) is 14.9. The summed E-state index contributed by atoms with van der Waals surface area (Å²) < 4.78 is 7.90. The van der Waals surface area contributed by atoms with Crippen molar-refractivity contribution in [2.75, 3.05) is 20.3 Å². The highest BCUT2D eigenvalue weighted by atomic mass is 32.1. The lowest BCUT2D eigenvalue weighted by Crippen LogP contribution is -2.36. The molecule has 0 N–H and O–H groups in total. The molecule has 0 bridgehead atoms. The Labute approximate surface area is 135 Å². The van der Waals surface area contributed by atoms with E-state index in [4.69, 9.17) is 9.72 Å². The van der Waals surface area contributed by atoms with E-state index in [1.807, 2.05) is 0 Å². The van der Waals surface area contributed by atoms with E-state index >= 15 is 0 Å². The van der Waals surface area contributed by atoms with Gasteiger partial charge in [0.25, 0.3) is 0 Å². The maximum atomic E-state index is 5.50. The van der Waals surface area contributed by atoms with Gasteiger partial charge in [0.15, 0.2) is 0 Å². The first-order chi connectivity index (χ1) is 10.8. The van der Waals surface area contributed by atoms with E-state index < -0.39 is 0 Å². The summed E-state index contributed by atoms with van der Waals surface area (Å²) in [5.74, 6) is 1.32. The molecule has 1 aliphatic carbocycles. The van der Waals surface area contributed by atoms with E-state index in [1.165, 1.54) is 29.8 Å². The average molecular weight is 317 g/mol. The van der Waals surface area contributed by atoms with E-state index in [0.29, 0.717) is 5.92 Å². The van der Waals surface area contributed by atoms with Crippen LogP contribution in [0.4, 0.5) is 0 Å². The first kappa shape index (κ1) is 14.4. The lowest BCUT2D eigenvalue weighted by atomic mass is 9.98. The molecule has 2 aromatic rings. The molecule has 4 rings (SSSR count). The van der Waals surface area contributed by atoms with Gasteiger partial charge in [0.05, 0.1) is 18.6 Å². The molecule has 1 fully saturated rings. The van der Waals surface area contributed by atoms with Crippen LogP contribution < -0.4 is 0 Å². The molecular weight excluding hydrogens is 294 g/mol. The van der Waals surface area contributed by atoms with Gasteiger partial charge >= 0.3 is 0 Å². The Morgan fingerprint density at radius 3 is 3.05 bits per heavy atom. The van der Waals surface area contributed by atoms with E-state index in [0.717, 1.165) is 38.7 Å². The molecule has 1 saturated carbocycles. The van der Waals surface area contributed by atoms with Crippen LogP contribution in [0.5, 0.6) is 0 Å². The highest BCUT2D eigenvalue weighted by Gasteiger charge is 2.31. The highest BCUT2D eigenvalue weighted by Crippen LogP contribution is 2.34. The second kappa shape index (κ2) is 6.14. The third-order valence-corrected chi connectivity index (χ3v) is 5.43. The van der Waals surface area contributed by atoms with Gasteiger partial charge in [-0.05, 0) is 41.1 Å². The molecule has 0 amide bonds. The van der Waals surface area contributed by atoms with Crippen LogP contribution in [0.3, 0.4) is 0 Å². The molecule has 5 heteroatoms. The fourth-order valence-corrected chi connectivity index (χ4v) is 4.18. The van der Waals surface area contributed by atoms with Gasteiger partial charge in [0.1, 0.15) is 0 Å². The standard InChI is InChI=1S/C17H23N3OS/c1-21-10-15-8-19(6-14-4-5-22-11-14)9-16-17(15)20(12-18-16)7-13-2-3-13/h4-5,11-13,15H,2-3,6-10H2,1H3. The van der Waals surface area contributed by atoms with Gasteiger partial charge in [-0.1, -0.05) is 0 Å². The van der Waals surface area contributed by atoms with Crippen LogP contribution in [0.15, 0.2) is 23.2 Å². The minimum absolute atomic E-state index is 0.439. The number of hydrogen-bond donors (Lipinski definition) is 0. The first-order valence-corrected chi connectivity index (χ1v) is 9.04. The number of hydrogen-bond acceptors (Lipinski definition) is 4. The van der Waals surface area contributed by atoms with Crippen molar-refractivity contribution >= 4 is 11.3 Å². The molecule has 4 nitrogen and oxygen atoms in total. The summed E-state index contributed by atoms with van der Waals surface area (Å²) in [7, 11) is 1.80. The largest absolute Gasteiger partial charge is 0.384 e. The third-order valence-electron chi connectivity index (χ3n) is 4.70. The minimum Gasteiger partial charge on any atom is -0.384 e. The number of thiophene rings is 1. The number of nitrogens with zero attached hydrogens (tertiary/aromatic N) is 3. The van der Waals surface area contributed by atoms with E-state index in [2.05, 4.69) is 32.6 Å². The normalized spacial score (nSPS) is 22.0. The quantitative estimate of drug-likeness (QED) is 0.820. The molecule has 1 aliphatic heterocycles. The monoisotopic (exact) mass is 317 g/mol. The van der Waals surface area contributed by atoms with E-state index in [9.17, 15) is 0 Å². The van der Waals surface area contributed by atoms with Crippen molar-refractivity contribution < 1.29 is 4.74 Å². The number of methoxy groups -OCH3 is 1. The Bertz CT molecular complexity index is 618. The fourth-order valence-electron chi connectivity index (χ4n) is 3.52. The molecule has 2 aromatic heterocycles. The fraction of sp³-hybridized carbons (Fsp3) is 0.588.